The van der Waals surface area contributed by atoms with Crippen LogP contribution in [0.15, 0.2) is 84.9 Å². The van der Waals surface area contributed by atoms with Crippen molar-refractivity contribution in [1.29, 1.82) is 0 Å². The molecule has 0 spiro atoms. The van der Waals surface area contributed by atoms with E-state index in [0.717, 1.165) is 10.8 Å². The van der Waals surface area contributed by atoms with Gasteiger partial charge in [-0.3, -0.25) is 14.4 Å². The molecule has 6 N–H and O–H groups in total. The minimum atomic E-state index is -0.496. The molecule has 0 saturated heterocycles. The Morgan fingerprint density at radius 3 is 2.34 bits per heavy atom. The number of para-hydroxylation sites is 2. The lowest BCUT2D eigenvalue weighted by molar-refractivity contribution is -0.134. The lowest BCUT2D eigenvalue weighted by Gasteiger charge is -2.34. The summed E-state index contributed by atoms with van der Waals surface area (Å²) in [6.45, 7) is 4.12. The molecule has 0 bridgehead atoms. The number of hydrogen-bond donors (Lipinski definition) is 5. The monoisotopic (exact) mass is 722 g/mol. The number of aliphatic hydroxyl groups is 1. The number of ether oxygens (including phenoxy) is 1. The van der Waals surface area contributed by atoms with Gasteiger partial charge in [-0.2, -0.15) is 0 Å². The average Bonchev–Trinajstić information content (AvgIpc) is 3.19. The smallest absolute Gasteiger partial charge is 0.321 e. The summed E-state index contributed by atoms with van der Waals surface area (Å²) >= 11 is 0. The molecular weight excluding hydrogens is 672 g/mol. The second-order valence-electron chi connectivity index (χ2n) is 13.8. The van der Waals surface area contributed by atoms with Gasteiger partial charge in [-0.05, 0) is 61.5 Å². The average molecular weight is 723 g/mol. The van der Waals surface area contributed by atoms with Crippen molar-refractivity contribution in [3.05, 3.63) is 90.5 Å². The molecule has 5 rings (SSSR count). The minimum Gasteiger partial charge on any atom is -0.488 e. The Morgan fingerprint density at radius 2 is 1.58 bits per heavy atom. The summed E-state index contributed by atoms with van der Waals surface area (Å²) < 4.78 is 6.58. The molecular formula is C41H50N6O6. The van der Waals surface area contributed by atoms with E-state index in [1.165, 1.54) is 0 Å². The number of fused-ring (bicyclic) bond motifs is 2. The molecule has 5 amide bonds. The first-order valence-electron chi connectivity index (χ1n) is 18.2. The fourth-order valence-corrected chi connectivity index (χ4v) is 6.42. The van der Waals surface area contributed by atoms with Crippen LogP contribution < -0.4 is 26.4 Å². The summed E-state index contributed by atoms with van der Waals surface area (Å²) in [4.78, 5) is 55.5. The second kappa shape index (κ2) is 18.2. The number of amides is 5. The molecule has 0 aliphatic carbocycles. The van der Waals surface area contributed by atoms with Crippen molar-refractivity contribution in [2.24, 2.45) is 5.92 Å². The molecule has 0 aromatic heterocycles. The van der Waals surface area contributed by atoms with Gasteiger partial charge < -0.3 is 41.3 Å². The van der Waals surface area contributed by atoms with Crippen LogP contribution in [0.3, 0.4) is 0 Å². The Balaban J connectivity index is 1.21. The summed E-state index contributed by atoms with van der Waals surface area (Å²) in [5.74, 6) is -0.185. The van der Waals surface area contributed by atoms with Gasteiger partial charge in [0.1, 0.15) is 11.9 Å². The Morgan fingerprint density at radius 1 is 0.906 bits per heavy atom. The van der Waals surface area contributed by atoms with Gasteiger partial charge in [0.25, 0.3) is 0 Å². The third-order valence-corrected chi connectivity index (χ3v) is 9.57. The Kier molecular flexibility index (Phi) is 13.3. The van der Waals surface area contributed by atoms with Crippen molar-refractivity contribution >= 4 is 57.3 Å². The lowest BCUT2D eigenvalue weighted by Crippen LogP contribution is -2.48. The van der Waals surface area contributed by atoms with E-state index in [1.807, 2.05) is 55.5 Å². The highest BCUT2D eigenvalue weighted by Crippen LogP contribution is 2.30. The van der Waals surface area contributed by atoms with E-state index in [1.54, 1.807) is 60.2 Å². The minimum absolute atomic E-state index is 0.0108. The number of urea groups is 1. The molecule has 0 fully saturated rings. The number of rotatable bonds is 13. The highest BCUT2D eigenvalue weighted by Gasteiger charge is 2.32. The van der Waals surface area contributed by atoms with Gasteiger partial charge in [0, 0.05) is 49.0 Å². The van der Waals surface area contributed by atoms with Crippen LogP contribution in [0.25, 0.3) is 10.8 Å². The van der Waals surface area contributed by atoms with Crippen LogP contribution in [-0.2, 0) is 20.8 Å². The molecule has 280 valence electrons. The van der Waals surface area contributed by atoms with Gasteiger partial charge >= 0.3 is 6.03 Å². The number of hydrogen-bond acceptors (Lipinski definition) is 7. The second-order valence-corrected chi connectivity index (χ2v) is 13.8. The van der Waals surface area contributed by atoms with Crippen molar-refractivity contribution in [1.82, 2.24) is 9.80 Å². The van der Waals surface area contributed by atoms with Crippen molar-refractivity contribution in [3.8, 4) is 5.75 Å². The highest BCUT2D eigenvalue weighted by molar-refractivity contribution is 6.01. The number of unbranched alkanes of at least 4 members (excludes halogenated alkanes) is 2. The molecule has 4 aromatic rings. The van der Waals surface area contributed by atoms with Gasteiger partial charge in [-0.15, -0.1) is 0 Å². The van der Waals surface area contributed by atoms with Gasteiger partial charge in [0.15, 0.2) is 0 Å². The lowest BCUT2D eigenvalue weighted by atomic mass is 10.0. The maximum atomic E-state index is 13.6. The Hall–Kier alpha value is -5.62. The predicted molar refractivity (Wildman–Crippen MR) is 209 cm³/mol. The number of nitrogens with two attached hydrogens (primary N) is 1. The molecule has 4 aromatic carbocycles. The van der Waals surface area contributed by atoms with E-state index in [2.05, 4.69) is 16.0 Å². The number of carbonyl (C=O) groups is 4. The standard InChI is InChI=1S/C41H50N6O6/c1-27-24-47(28(2)26-48)40(51)23-30-22-31(43-38(49)18-5-4-6-19-39(50)44-35-16-10-9-15-33(35)42)20-21-36(30)53-37(27)25-46(3)41(52)45-34-17-11-13-29-12-7-8-14-32(29)34/h7-17,20-22,27-28,37,48H,4-6,18-19,23-26,42H2,1-3H3,(H,43,49)(H,44,50)(H,45,52)/t27-,28-,37+/m0/s1. The Labute approximate surface area is 310 Å². The number of nitrogens with one attached hydrogen (secondary N) is 3. The van der Waals surface area contributed by atoms with Crippen LogP contribution in [0.1, 0.15) is 51.5 Å². The Bertz CT molecular complexity index is 1910. The summed E-state index contributed by atoms with van der Waals surface area (Å²) in [5, 5.41) is 20.7. The zero-order chi connectivity index (χ0) is 37.9. The summed E-state index contributed by atoms with van der Waals surface area (Å²) in [5.41, 5.74) is 8.82. The van der Waals surface area contributed by atoms with Crippen LogP contribution in [0.4, 0.5) is 27.5 Å². The zero-order valence-electron chi connectivity index (χ0n) is 30.6. The van der Waals surface area contributed by atoms with E-state index >= 15 is 0 Å². The quantitative estimate of drug-likeness (QED) is 0.0802. The number of aliphatic hydroxyl groups excluding tert-OH is 1. The van der Waals surface area contributed by atoms with E-state index < -0.39 is 12.1 Å². The van der Waals surface area contributed by atoms with Crippen LogP contribution in [0.2, 0.25) is 0 Å². The van der Waals surface area contributed by atoms with E-state index in [0.29, 0.717) is 66.3 Å². The third kappa shape index (κ3) is 10.5. The van der Waals surface area contributed by atoms with Gasteiger partial charge in [0.05, 0.1) is 42.7 Å². The summed E-state index contributed by atoms with van der Waals surface area (Å²) in [7, 11) is 1.71. The van der Waals surface area contributed by atoms with Gasteiger partial charge in [-0.25, -0.2) is 4.79 Å². The number of anilines is 4. The highest BCUT2D eigenvalue weighted by atomic mass is 16.5. The zero-order valence-corrected chi connectivity index (χ0v) is 30.6. The molecule has 0 radical (unpaired) electrons. The maximum absolute atomic E-state index is 13.6. The summed E-state index contributed by atoms with van der Waals surface area (Å²) in [6, 6.07) is 25.2. The van der Waals surface area contributed by atoms with E-state index in [9.17, 15) is 24.3 Å². The first-order valence-corrected chi connectivity index (χ1v) is 18.2. The van der Waals surface area contributed by atoms with Crippen molar-refractivity contribution in [2.75, 3.05) is 48.4 Å². The van der Waals surface area contributed by atoms with E-state index in [-0.39, 0.29) is 55.7 Å². The van der Waals surface area contributed by atoms with Crippen molar-refractivity contribution < 1.29 is 29.0 Å². The number of nitrogens with zero attached hydrogens (tertiary/aromatic N) is 2. The molecule has 1 heterocycles. The maximum Gasteiger partial charge on any atom is 0.321 e. The predicted octanol–water partition coefficient (Wildman–Crippen LogP) is 6.26. The van der Waals surface area contributed by atoms with E-state index in [4.69, 9.17) is 10.5 Å². The van der Waals surface area contributed by atoms with Crippen molar-refractivity contribution in [3.63, 3.8) is 0 Å². The van der Waals surface area contributed by atoms with Gasteiger partial charge in [-0.1, -0.05) is 61.9 Å². The SMILES string of the molecule is C[C@H]1CN([C@@H](C)CO)C(=O)Cc2cc(NC(=O)CCCCCC(=O)Nc3ccccc3N)ccc2O[C@@H]1CN(C)C(=O)Nc1cccc2ccccc12. The van der Waals surface area contributed by atoms with Crippen LogP contribution in [0, 0.1) is 5.92 Å². The number of likely N-dealkylation sites (N-methyl/N-ethyl adjacent to an activating group) is 1. The molecule has 0 saturated carbocycles. The first-order chi connectivity index (χ1) is 25.5. The normalized spacial score (nSPS) is 16.3. The van der Waals surface area contributed by atoms with Crippen LogP contribution in [0.5, 0.6) is 5.75 Å². The molecule has 1 aliphatic rings. The summed E-state index contributed by atoms with van der Waals surface area (Å²) in [6.07, 6.45) is 2.05. The number of nitrogen functional groups attached to an aromatic ring is 1. The molecule has 12 nitrogen and oxygen atoms in total. The molecule has 0 unspecified atom stereocenters. The fourth-order valence-electron chi connectivity index (χ4n) is 6.42. The molecule has 12 heteroatoms. The van der Waals surface area contributed by atoms with Crippen LogP contribution in [-0.4, -0.2) is 77.5 Å². The molecule has 1 aliphatic heterocycles. The van der Waals surface area contributed by atoms with Gasteiger partial charge in [0.2, 0.25) is 17.7 Å². The molecule has 53 heavy (non-hydrogen) atoms. The fraction of sp³-hybridized carbons (Fsp3) is 0.366. The third-order valence-electron chi connectivity index (χ3n) is 9.57. The topological polar surface area (TPSA) is 166 Å². The first kappa shape index (κ1) is 38.6. The molecule has 3 atom stereocenters. The van der Waals surface area contributed by atoms with Crippen molar-refractivity contribution in [2.45, 2.75) is 64.5 Å². The number of benzene rings is 4. The largest absolute Gasteiger partial charge is 0.488 e. The number of carbonyl (C=O) groups excluding carboxylic acids is 4. The van der Waals surface area contributed by atoms with Crippen LogP contribution >= 0.6 is 0 Å².